The number of hydrogen-bond acceptors (Lipinski definition) is 7. The fourth-order valence-electron chi connectivity index (χ4n) is 5.19. The standard InChI is InChI=1S/C26H35N5O7S/c1-17-11-13-19(14-12-17)29-39(36,37)30-24(34)26-16-18(26)8-5-3-2-4-6-10-21(38-25(27)35)23(33)31-15-7-9-20(31)22(32)28-26/h5,8,11-14,18,20-21,29H,2-4,6-7,9-10,15-16H2,1H3,(H2,27,35)(H,28,32)(H,30,34)/b8-5+. The van der Waals surface area contributed by atoms with Crippen LogP contribution in [0, 0.1) is 12.8 Å². The molecule has 0 radical (unpaired) electrons. The Bertz CT molecular complexity index is 1250. The number of nitrogens with zero attached hydrogens (tertiary/aromatic N) is 1. The van der Waals surface area contributed by atoms with Crippen molar-refractivity contribution in [2.24, 2.45) is 11.7 Å². The van der Waals surface area contributed by atoms with Gasteiger partial charge in [0, 0.05) is 12.5 Å². The van der Waals surface area contributed by atoms with E-state index in [9.17, 15) is 27.6 Å². The van der Waals surface area contributed by atoms with Crippen molar-refractivity contribution in [2.45, 2.75) is 76.0 Å². The van der Waals surface area contributed by atoms with Crippen molar-refractivity contribution in [1.29, 1.82) is 0 Å². The Morgan fingerprint density at radius 1 is 1.10 bits per heavy atom. The molecule has 1 saturated carbocycles. The smallest absolute Gasteiger partial charge is 0.405 e. The van der Waals surface area contributed by atoms with Crippen LogP contribution in [0.25, 0.3) is 0 Å². The van der Waals surface area contributed by atoms with Gasteiger partial charge in [0.1, 0.15) is 11.6 Å². The van der Waals surface area contributed by atoms with Crippen molar-refractivity contribution in [1.82, 2.24) is 14.9 Å². The van der Waals surface area contributed by atoms with Crippen molar-refractivity contribution in [3.63, 3.8) is 0 Å². The Labute approximate surface area is 227 Å². The maximum Gasteiger partial charge on any atom is 0.405 e. The number of primary amides is 1. The van der Waals surface area contributed by atoms with E-state index in [1.54, 1.807) is 24.3 Å². The van der Waals surface area contributed by atoms with Crippen LogP contribution < -0.4 is 20.5 Å². The second-order valence-corrected chi connectivity index (χ2v) is 11.8. The van der Waals surface area contributed by atoms with E-state index in [-0.39, 0.29) is 25.1 Å². The minimum absolute atomic E-state index is 0.217. The van der Waals surface area contributed by atoms with E-state index in [0.717, 1.165) is 18.4 Å². The highest BCUT2D eigenvalue weighted by Gasteiger charge is 2.61. The van der Waals surface area contributed by atoms with Crippen molar-refractivity contribution in [3.8, 4) is 0 Å². The topological polar surface area (TPSA) is 177 Å². The molecule has 1 aliphatic carbocycles. The highest BCUT2D eigenvalue weighted by Crippen LogP contribution is 2.45. The van der Waals surface area contributed by atoms with E-state index in [1.165, 1.54) is 4.90 Å². The summed E-state index contributed by atoms with van der Waals surface area (Å²) in [6.45, 7) is 2.15. The molecule has 12 nitrogen and oxygen atoms in total. The number of carbonyl (C=O) groups is 4. The molecule has 2 aliphatic heterocycles. The summed E-state index contributed by atoms with van der Waals surface area (Å²) in [6, 6.07) is 5.72. The molecular weight excluding hydrogens is 526 g/mol. The van der Waals surface area contributed by atoms with Crippen LogP contribution in [0.1, 0.15) is 56.9 Å². The number of aryl methyl sites for hydroxylation is 1. The number of fused-ring (bicyclic) bond motifs is 2. The zero-order valence-electron chi connectivity index (χ0n) is 21.9. The molecule has 4 atom stereocenters. The first-order valence-electron chi connectivity index (χ1n) is 13.2. The molecule has 212 valence electrons. The van der Waals surface area contributed by atoms with Gasteiger partial charge in [-0.15, -0.1) is 0 Å². The van der Waals surface area contributed by atoms with Crippen LogP contribution in [-0.2, 0) is 29.3 Å². The fourth-order valence-corrected chi connectivity index (χ4v) is 6.11. The number of rotatable bonds is 5. The van der Waals surface area contributed by atoms with Gasteiger partial charge in [-0.05, 0) is 64.0 Å². The van der Waals surface area contributed by atoms with Gasteiger partial charge in [0.25, 0.3) is 11.8 Å². The predicted molar refractivity (Wildman–Crippen MR) is 142 cm³/mol. The molecule has 4 unspecified atom stereocenters. The number of nitrogens with two attached hydrogens (primary N) is 1. The van der Waals surface area contributed by atoms with E-state index in [0.29, 0.717) is 25.7 Å². The first-order chi connectivity index (χ1) is 18.5. The zero-order chi connectivity index (χ0) is 28.2. The minimum atomic E-state index is -4.29. The van der Waals surface area contributed by atoms with Crippen LogP contribution in [0.4, 0.5) is 10.5 Å². The Kier molecular flexibility index (Phi) is 8.48. The first kappa shape index (κ1) is 28.4. The molecule has 13 heteroatoms. The van der Waals surface area contributed by atoms with Crippen LogP contribution in [0.15, 0.2) is 36.4 Å². The lowest BCUT2D eigenvalue weighted by Gasteiger charge is -2.29. The van der Waals surface area contributed by atoms with E-state index in [4.69, 9.17) is 10.5 Å². The number of carbonyl (C=O) groups excluding carboxylic acids is 4. The summed E-state index contributed by atoms with van der Waals surface area (Å²) in [5.74, 6) is -2.34. The summed E-state index contributed by atoms with van der Waals surface area (Å²) in [5.41, 5.74) is 4.94. The van der Waals surface area contributed by atoms with E-state index in [2.05, 4.69) is 14.8 Å². The van der Waals surface area contributed by atoms with Gasteiger partial charge in [0.15, 0.2) is 6.10 Å². The molecule has 0 aromatic heterocycles. The number of benzene rings is 1. The molecular formula is C26H35N5O7S. The lowest BCUT2D eigenvalue weighted by molar-refractivity contribution is -0.146. The van der Waals surface area contributed by atoms with Crippen LogP contribution in [0.5, 0.6) is 0 Å². The Hall–Kier alpha value is -3.61. The van der Waals surface area contributed by atoms with Gasteiger partial charge in [0.05, 0.1) is 5.69 Å². The number of ether oxygens (including phenoxy) is 1. The van der Waals surface area contributed by atoms with Crippen molar-refractivity contribution >= 4 is 39.7 Å². The normalized spacial score (nSPS) is 28.5. The first-order valence-corrected chi connectivity index (χ1v) is 14.7. The molecule has 2 heterocycles. The highest BCUT2D eigenvalue weighted by atomic mass is 32.2. The number of allylic oxidation sites excluding steroid dienone is 1. The summed E-state index contributed by atoms with van der Waals surface area (Å²) in [6.07, 6.45) is 5.88. The number of amides is 4. The van der Waals surface area contributed by atoms with E-state index < -0.39 is 57.6 Å². The van der Waals surface area contributed by atoms with Crippen LogP contribution in [-0.4, -0.2) is 61.4 Å². The average molecular weight is 562 g/mol. The van der Waals surface area contributed by atoms with Gasteiger partial charge >= 0.3 is 16.3 Å². The molecule has 4 amide bonds. The summed E-state index contributed by atoms with van der Waals surface area (Å²) in [5, 5.41) is 2.76. The highest BCUT2D eigenvalue weighted by molar-refractivity contribution is 7.91. The van der Waals surface area contributed by atoms with Crippen molar-refractivity contribution in [2.75, 3.05) is 11.3 Å². The number of anilines is 1. The maximum absolute atomic E-state index is 13.4. The van der Waals surface area contributed by atoms with E-state index in [1.807, 2.05) is 19.1 Å². The van der Waals surface area contributed by atoms with Gasteiger partial charge in [-0.25, -0.2) is 9.52 Å². The van der Waals surface area contributed by atoms with Gasteiger partial charge < -0.3 is 20.7 Å². The minimum Gasteiger partial charge on any atom is -0.436 e. The Morgan fingerprint density at radius 3 is 2.56 bits per heavy atom. The Morgan fingerprint density at radius 2 is 1.85 bits per heavy atom. The van der Waals surface area contributed by atoms with Gasteiger partial charge in [-0.3, -0.25) is 19.1 Å². The molecule has 0 bridgehead atoms. The summed E-state index contributed by atoms with van der Waals surface area (Å²) in [7, 11) is -4.29. The van der Waals surface area contributed by atoms with Gasteiger partial charge in [-0.1, -0.05) is 36.3 Å². The van der Waals surface area contributed by atoms with Gasteiger partial charge in [0.2, 0.25) is 5.91 Å². The Balaban J connectivity index is 1.54. The second kappa shape index (κ2) is 11.6. The largest absolute Gasteiger partial charge is 0.436 e. The third kappa shape index (κ3) is 6.88. The summed E-state index contributed by atoms with van der Waals surface area (Å²) < 4.78 is 35.0. The molecule has 39 heavy (non-hydrogen) atoms. The monoisotopic (exact) mass is 561 g/mol. The molecule has 1 aromatic carbocycles. The van der Waals surface area contributed by atoms with E-state index >= 15 is 0 Å². The van der Waals surface area contributed by atoms with Crippen LogP contribution in [0.2, 0.25) is 0 Å². The maximum atomic E-state index is 13.4. The molecule has 5 N–H and O–H groups in total. The molecule has 0 spiro atoms. The predicted octanol–water partition coefficient (Wildman–Crippen LogP) is 1.62. The lowest BCUT2D eigenvalue weighted by Crippen LogP contribution is -2.57. The van der Waals surface area contributed by atoms with Gasteiger partial charge in [-0.2, -0.15) is 8.42 Å². The lowest BCUT2D eigenvalue weighted by atomic mass is 10.1. The van der Waals surface area contributed by atoms with Crippen LogP contribution >= 0.6 is 0 Å². The SMILES string of the molecule is Cc1ccc(NS(=O)(=O)NC(=O)C23CC2/C=C/CCCCCC(OC(N)=O)C(=O)N2CCCC2C(=O)N3)cc1. The molecule has 3 aliphatic rings. The van der Waals surface area contributed by atoms with Crippen LogP contribution in [0.3, 0.4) is 0 Å². The van der Waals surface area contributed by atoms with Crippen molar-refractivity contribution < 1.29 is 32.3 Å². The molecule has 4 rings (SSSR count). The second-order valence-electron chi connectivity index (χ2n) is 10.4. The molecule has 1 saturated heterocycles. The summed E-state index contributed by atoms with van der Waals surface area (Å²) >= 11 is 0. The third-order valence-electron chi connectivity index (χ3n) is 7.37. The summed E-state index contributed by atoms with van der Waals surface area (Å²) in [4.78, 5) is 52.9. The number of nitrogens with one attached hydrogen (secondary N) is 3. The van der Waals surface area contributed by atoms with Crippen molar-refractivity contribution in [3.05, 3.63) is 42.0 Å². The zero-order valence-corrected chi connectivity index (χ0v) is 22.7. The molecule has 2 fully saturated rings. The third-order valence-corrected chi connectivity index (χ3v) is 8.33. The number of hydrogen-bond donors (Lipinski definition) is 4. The average Bonchev–Trinajstić information content (AvgIpc) is 3.33. The molecule has 1 aromatic rings. The fraction of sp³-hybridized carbons (Fsp3) is 0.538. The quantitative estimate of drug-likeness (QED) is 0.395.